The second-order valence-electron chi connectivity index (χ2n) is 5.81. The smallest absolute Gasteiger partial charge is 0.0709 e. The summed E-state index contributed by atoms with van der Waals surface area (Å²) in [5.74, 6) is 0. The SMILES string of the molecule is CCOC(CN)CCN(C)CC1(N(C)C)CCC1. The van der Waals surface area contributed by atoms with Gasteiger partial charge in [0, 0.05) is 31.8 Å². The molecule has 1 aliphatic rings. The molecule has 0 saturated heterocycles. The van der Waals surface area contributed by atoms with Crippen LogP contribution in [0.1, 0.15) is 32.6 Å². The lowest BCUT2D eigenvalue weighted by atomic mass is 9.75. The molecule has 0 aromatic heterocycles. The van der Waals surface area contributed by atoms with E-state index >= 15 is 0 Å². The van der Waals surface area contributed by atoms with E-state index in [9.17, 15) is 0 Å². The molecule has 1 unspecified atom stereocenters. The Morgan fingerprint density at radius 1 is 1.28 bits per heavy atom. The van der Waals surface area contributed by atoms with Crippen LogP contribution < -0.4 is 5.73 Å². The fraction of sp³-hybridized carbons (Fsp3) is 1.00. The third kappa shape index (κ3) is 4.19. The summed E-state index contributed by atoms with van der Waals surface area (Å²) >= 11 is 0. The van der Waals surface area contributed by atoms with Crippen LogP contribution in [0, 0.1) is 0 Å². The molecule has 1 fully saturated rings. The minimum absolute atomic E-state index is 0.217. The highest BCUT2D eigenvalue weighted by atomic mass is 16.5. The van der Waals surface area contributed by atoms with Gasteiger partial charge in [-0.3, -0.25) is 0 Å². The van der Waals surface area contributed by atoms with Gasteiger partial charge in [0.25, 0.3) is 0 Å². The minimum Gasteiger partial charge on any atom is -0.377 e. The minimum atomic E-state index is 0.217. The van der Waals surface area contributed by atoms with Crippen LogP contribution in [0.15, 0.2) is 0 Å². The first-order chi connectivity index (χ1) is 8.54. The summed E-state index contributed by atoms with van der Waals surface area (Å²) in [5, 5.41) is 0. The van der Waals surface area contributed by atoms with E-state index in [1.807, 2.05) is 6.92 Å². The van der Waals surface area contributed by atoms with Crippen molar-refractivity contribution < 1.29 is 4.74 Å². The lowest BCUT2D eigenvalue weighted by Gasteiger charge is -2.49. The summed E-state index contributed by atoms with van der Waals surface area (Å²) < 4.78 is 5.60. The summed E-state index contributed by atoms with van der Waals surface area (Å²) in [6.07, 6.45) is 5.28. The van der Waals surface area contributed by atoms with E-state index in [1.165, 1.54) is 19.3 Å². The Morgan fingerprint density at radius 3 is 2.33 bits per heavy atom. The second-order valence-corrected chi connectivity index (χ2v) is 5.81. The van der Waals surface area contributed by atoms with Crippen molar-refractivity contribution in [1.29, 1.82) is 0 Å². The van der Waals surface area contributed by atoms with Gasteiger partial charge in [-0.2, -0.15) is 0 Å². The average molecular weight is 257 g/mol. The molecule has 0 aliphatic heterocycles. The van der Waals surface area contributed by atoms with Gasteiger partial charge in [0.1, 0.15) is 0 Å². The first-order valence-corrected chi connectivity index (χ1v) is 7.21. The fourth-order valence-corrected chi connectivity index (χ4v) is 2.78. The van der Waals surface area contributed by atoms with Crippen LogP contribution in [-0.4, -0.2) is 68.8 Å². The Hall–Kier alpha value is -0.160. The topological polar surface area (TPSA) is 41.7 Å². The summed E-state index contributed by atoms with van der Waals surface area (Å²) in [6, 6.07) is 0. The Labute approximate surface area is 112 Å². The fourth-order valence-electron chi connectivity index (χ4n) is 2.78. The van der Waals surface area contributed by atoms with Crippen LogP contribution in [0.2, 0.25) is 0 Å². The summed E-state index contributed by atoms with van der Waals surface area (Å²) in [7, 11) is 6.62. The molecule has 0 amide bonds. The van der Waals surface area contributed by atoms with Gasteiger partial charge in [0.15, 0.2) is 0 Å². The second kappa shape index (κ2) is 7.43. The van der Waals surface area contributed by atoms with Crippen molar-refractivity contribution in [1.82, 2.24) is 9.80 Å². The third-order valence-electron chi connectivity index (χ3n) is 4.30. The highest BCUT2D eigenvalue weighted by Gasteiger charge is 2.39. The number of hydrogen-bond acceptors (Lipinski definition) is 4. The molecule has 0 spiro atoms. The van der Waals surface area contributed by atoms with E-state index in [-0.39, 0.29) is 6.10 Å². The van der Waals surface area contributed by atoms with Crippen LogP contribution in [0.5, 0.6) is 0 Å². The van der Waals surface area contributed by atoms with E-state index in [1.54, 1.807) is 0 Å². The van der Waals surface area contributed by atoms with E-state index < -0.39 is 0 Å². The molecule has 4 heteroatoms. The van der Waals surface area contributed by atoms with Crippen molar-refractivity contribution in [2.24, 2.45) is 5.73 Å². The molecule has 1 saturated carbocycles. The van der Waals surface area contributed by atoms with Crippen LogP contribution in [0.3, 0.4) is 0 Å². The highest BCUT2D eigenvalue weighted by Crippen LogP contribution is 2.36. The zero-order valence-corrected chi connectivity index (χ0v) is 12.6. The van der Waals surface area contributed by atoms with Crippen LogP contribution in [0.25, 0.3) is 0 Å². The van der Waals surface area contributed by atoms with Gasteiger partial charge in [0.2, 0.25) is 0 Å². The van der Waals surface area contributed by atoms with Crippen molar-refractivity contribution >= 4 is 0 Å². The predicted octanol–water partition coefficient (Wildman–Crippen LogP) is 1.16. The van der Waals surface area contributed by atoms with Crippen molar-refractivity contribution in [2.45, 2.75) is 44.2 Å². The summed E-state index contributed by atoms with van der Waals surface area (Å²) in [5.41, 5.74) is 6.12. The molecule has 1 aliphatic carbocycles. The summed E-state index contributed by atoms with van der Waals surface area (Å²) in [4.78, 5) is 4.83. The van der Waals surface area contributed by atoms with E-state index in [0.717, 1.165) is 26.1 Å². The number of nitrogens with zero attached hydrogens (tertiary/aromatic N) is 2. The maximum absolute atomic E-state index is 5.71. The van der Waals surface area contributed by atoms with Gasteiger partial charge >= 0.3 is 0 Å². The first kappa shape index (κ1) is 15.9. The van der Waals surface area contributed by atoms with Gasteiger partial charge in [-0.15, -0.1) is 0 Å². The normalized spacial score (nSPS) is 20.2. The molecule has 0 aromatic rings. The van der Waals surface area contributed by atoms with E-state index in [4.69, 9.17) is 10.5 Å². The molecule has 0 aromatic carbocycles. The quantitative estimate of drug-likeness (QED) is 0.673. The van der Waals surface area contributed by atoms with E-state index in [0.29, 0.717) is 12.1 Å². The van der Waals surface area contributed by atoms with Crippen LogP contribution in [0.4, 0.5) is 0 Å². The van der Waals surface area contributed by atoms with Crippen molar-refractivity contribution in [3.63, 3.8) is 0 Å². The third-order valence-corrected chi connectivity index (χ3v) is 4.30. The maximum Gasteiger partial charge on any atom is 0.0709 e. The Kier molecular flexibility index (Phi) is 6.57. The van der Waals surface area contributed by atoms with Crippen molar-refractivity contribution in [3.8, 4) is 0 Å². The molecule has 1 atom stereocenters. The molecule has 0 bridgehead atoms. The molecule has 4 nitrogen and oxygen atoms in total. The van der Waals surface area contributed by atoms with Gasteiger partial charge in [-0.05, 0) is 53.8 Å². The first-order valence-electron chi connectivity index (χ1n) is 7.21. The molecule has 0 radical (unpaired) electrons. The zero-order valence-electron chi connectivity index (χ0n) is 12.6. The number of rotatable bonds is 9. The zero-order chi connectivity index (χ0) is 13.6. The lowest BCUT2D eigenvalue weighted by molar-refractivity contribution is 0.0173. The molecular weight excluding hydrogens is 226 g/mol. The molecule has 18 heavy (non-hydrogen) atoms. The maximum atomic E-state index is 5.71. The number of nitrogens with two attached hydrogens (primary N) is 1. The highest BCUT2D eigenvalue weighted by molar-refractivity contribution is 4.97. The van der Waals surface area contributed by atoms with Gasteiger partial charge in [-0.25, -0.2) is 0 Å². The van der Waals surface area contributed by atoms with Crippen molar-refractivity contribution in [2.75, 3.05) is 47.4 Å². The molecule has 1 rings (SSSR count). The van der Waals surface area contributed by atoms with Crippen LogP contribution in [-0.2, 0) is 4.74 Å². The van der Waals surface area contributed by atoms with Gasteiger partial charge < -0.3 is 20.3 Å². The Bertz CT molecular complexity index is 229. The largest absolute Gasteiger partial charge is 0.377 e. The Balaban J connectivity index is 2.30. The van der Waals surface area contributed by atoms with Gasteiger partial charge in [-0.1, -0.05) is 0 Å². The average Bonchev–Trinajstić information content (AvgIpc) is 2.28. The molecular formula is C14H31N3O. The summed E-state index contributed by atoms with van der Waals surface area (Å²) in [6.45, 7) is 5.64. The number of likely N-dealkylation sites (N-methyl/N-ethyl adjacent to an activating group) is 2. The monoisotopic (exact) mass is 257 g/mol. The lowest BCUT2D eigenvalue weighted by Crippen LogP contribution is -2.56. The molecule has 0 heterocycles. The molecule has 108 valence electrons. The standard InChI is InChI=1S/C14H31N3O/c1-5-18-13(11-15)7-10-17(4)12-14(16(2)3)8-6-9-14/h13H,5-12,15H2,1-4H3. The van der Waals surface area contributed by atoms with Crippen molar-refractivity contribution in [3.05, 3.63) is 0 Å². The molecule has 2 N–H and O–H groups in total. The van der Waals surface area contributed by atoms with Gasteiger partial charge in [0.05, 0.1) is 6.10 Å². The Morgan fingerprint density at radius 2 is 1.94 bits per heavy atom. The van der Waals surface area contributed by atoms with Crippen LogP contribution >= 0.6 is 0 Å². The number of hydrogen-bond donors (Lipinski definition) is 1. The van der Waals surface area contributed by atoms with E-state index in [2.05, 4.69) is 30.9 Å². The number of ether oxygens (including phenoxy) is 1. The predicted molar refractivity (Wildman–Crippen MR) is 76.9 cm³/mol.